The van der Waals surface area contributed by atoms with Gasteiger partial charge in [-0.15, -0.1) is 0 Å². The average molecular weight is 893 g/mol. The van der Waals surface area contributed by atoms with Crippen molar-refractivity contribution in [1.29, 1.82) is 0 Å². The molecule has 326 valence electrons. The first-order chi connectivity index (χ1) is 34.6. The van der Waals surface area contributed by atoms with Gasteiger partial charge in [-0.25, -0.2) is 0 Å². The summed E-state index contributed by atoms with van der Waals surface area (Å²) >= 11 is 0. The monoisotopic (exact) mass is 892 g/mol. The molecule has 0 N–H and O–H groups in total. The molecular formula is C66H40N2O2. The summed E-state index contributed by atoms with van der Waals surface area (Å²) in [5, 5.41) is 18.8. The van der Waals surface area contributed by atoms with E-state index in [1.54, 1.807) is 0 Å². The lowest BCUT2D eigenvalue weighted by Gasteiger charge is -2.26. The van der Waals surface area contributed by atoms with Crippen LogP contribution in [0.4, 0.5) is 34.1 Å². The number of fused-ring (bicyclic) bond motifs is 14. The Morgan fingerprint density at radius 3 is 1.00 bits per heavy atom. The molecule has 4 heteroatoms. The van der Waals surface area contributed by atoms with Crippen molar-refractivity contribution >= 4 is 143 Å². The number of hydrogen-bond donors (Lipinski definition) is 0. The molecule has 0 saturated carbocycles. The van der Waals surface area contributed by atoms with Crippen molar-refractivity contribution in [1.82, 2.24) is 0 Å². The van der Waals surface area contributed by atoms with E-state index in [1.807, 2.05) is 0 Å². The Morgan fingerprint density at radius 2 is 0.529 bits per heavy atom. The molecule has 0 spiro atoms. The van der Waals surface area contributed by atoms with Crippen LogP contribution in [0.25, 0.3) is 109 Å². The highest BCUT2D eigenvalue weighted by Crippen LogP contribution is 2.44. The van der Waals surface area contributed by atoms with Gasteiger partial charge in [0.1, 0.15) is 22.3 Å². The maximum absolute atomic E-state index is 6.69. The van der Waals surface area contributed by atoms with Crippen LogP contribution in [-0.2, 0) is 0 Å². The van der Waals surface area contributed by atoms with Crippen molar-refractivity contribution in [3.8, 4) is 0 Å². The molecule has 0 amide bonds. The molecule has 0 aliphatic rings. The van der Waals surface area contributed by atoms with Gasteiger partial charge in [0.15, 0.2) is 0 Å². The number of benzene rings is 13. The van der Waals surface area contributed by atoms with Gasteiger partial charge in [0.05, 0.1) is 0 Å². The normalized spacial score (nSPS) is 12.0. The summed E-state index contributed by atoms with van der Waals surface area (Å²) in [6, 6.07) is 87.6. The van der Waals surface area contributed by atoms with Crippen LogP contribution in [0.1, 0.15) is 0 Å². The molecule has 70 heavy (non-hydrogen) atoms. The Morgan fingerprint density at radius 1 is 0.186 bits per heavy atom. The van der Waals surface area contributed by atoms with Gasteiger partial charge < -0.3 is 18.6 Å². The summed E-state index contributed by atoms with van der Waals surface area (Å²) in [6.07, 6.45) is 0. The second-order valence-corrected chi connectivity index (χ2v) is 18.5. The molecule has 2 heterocycles. The molecule has 15 aromatic rings. The molecule has 2 aromatic heterocycles. The van der Waals surface area contributed by atoms with Crippen molar-refractivity contribution in [2.75, 3.05) is 9.80 Å². The molecule has 0 radical (unpaired) electrons. The first kappa shape index (κ1) is 38.7. The molecule has 15 rings (SSSR count). The lowest BCUT2D eigenvalue weighted by molar-refractivity contribution is 0.656. The minimum atomic E-state index is 0.806. The molecule has 4 nitrogen and oxygen atoms in total. The van der Waals surface area contributed by atoms with E-state index in [0.29, 0.717) is 0 Å². The van der Waals surface area contributed by atoms with Gasteiger partial charge in [-0.3, -0.25) is 0 Å². The van der Waals surface area contributed by atoms with Crippen molar-refractivity contribution in [3.05, 3.63) is 243 Å². The van der Waals surface area contributed by atoms with Crippen molar-refractivity contribution < 1.29 is 8.83 Å². The Labute approximate surface area is 402 Å². The molecule has 0 aliphatic heterocycles. The fourth-order valence-corrected chi connectivity index (χ4v) is 11.1. The molecular weight excluding hydrogens is 853 g/mol. The topological polar surface area (TPSA) is 32.8 Å². The van der Waals surface area contributed by atoms with Crippen LogP contribution < -0.4 is 9.80 Å². The maximum atomic E-state index is 6.69. The summed E-state index contributed by atoms with van der Waals surface area (Å²) < 4.78 is 13.4. The summed E-state index contributed by atoms with van der Waals surface area (Å²) in [5.74, 6) is 0. The smallest absolute Gasteiger partial charge is 0.139 e. The second-order valence-electron chi connectivity index (χ2n) is 18.5. The van der Waals surface area contributed by atoms with Crippen LogP contribution in [-0.4, -0.2) is 0 Å². The highest BCUT2D eigenvalue weighted by atomic mass is 16.3. The third-order valence-electron chi connectivity index (χ3n) is 14.5. The third-order valence-corrected chi connectivity index (χ3v) is 14.5. The summed E-state index contributed by atoms with van der Waals surface area (Å²) in [4.78, 5) is 4.68. The van der Waals surface area contributed by atoms with Gasteiger partial charge in [-0.2, -0.15) is 0 Å². The lowest BCUT2D eigenvalue weighted by Crippen LogP contribution is -2.09. The first-order valence-corrected chi connectivity index (χ1v) is 23.9. The van der Waals surface area contributed by atoms with Gasteiger partial charge >= 0.3 is 0 Å². The number of rotatable bonds is 6. The second kappa shape index (κ2) is 15.1. The summed E-state index contributed by atoms with van der Waals surface area (Å²) in [6.45, 7) is 0. The average Bonchev–Trinajstić information content (AvgIpc) is 3.94. The van der Waals surface area contributed by atoms with Crippen molar-refractivity contribution in [3.63, 3.8) is 0 Å². The highest BCUT2D eigenvalue weighted by Gasteiger charge is 2.19. The minimum absolute atomic E-state index is 0.806. The predicted molar refractivity (Wildman–Crippen MR) is 295 cm³/mol. The van der Waals surface area contributed by atoms with E-state index in [-0.39, 0.29) is 0 Å². The van der Waals surface area contributed by atoms with E-state index >= 15 is 0 Å². The van der Waals surface area contributed by atoms with Gasteiger partial charge in [0.25, 0.3) is 0 Å². The minimum Gasteiger partial charge on any atom is -0.456 e. The Balaban J connectivity index is 0.810. The highest BCUT2D eigenvalue weighted by molar-refractivity contribution is 6.19. The number of anilines is 6. The Kier molecular flexibility index (Phi) is 8.33. The largest absolute Gasteiger partial charge is 0.456 e. The van der Waals surface area contributed by atoms with Crippen LogP contribution in [0.2, 0.25) is 0 Å². The van der Waals surface area contributed by atoms with Crippen molar-refractivity contribution in [2.24, 2.45) is 0 Å². The van der Waals surface area contributed by atoms with E-state index in [1.165, 1.54) is 43.1 Å². The van der Waals surface area contributed by atoms with E-state index in [0.717, 1.165) is 99.5 Å². The molecule has 0 saturated heterocycles. The van der Waals surface area contributed by atoms with Crippen LogP contribution in [0.3, 0.4) is 0 Å². The number of hydrogen-bond acceptors (Lipinski definition) is 4. The van der Waals surface area contributed by atoms with Gasteiger partial charge in [-0.1, -0.05) is 133 Å². The fraction of sp³-hybridized carbons (Fsp3) is 0. The summed E-state index contributed by atoms with van der Waals surface area (Å²) in [7, 11) is 0. The van der Waals surface area contributed by atoms with Gasteiger partial charge in [-0.05, 0) is 168 Å². The molecule has 0 unspecified atom stereocenters. The van der Waals surface area contributed by atoms with Crippen LogP contribution in [0, 0.1) is 0 Å². The van der Waals surface area contributed by atoms with E-state index in [9.17, 15) is 0 Å². The number of furan rings is 2. The van der Waals surface area contributed by atoms with E-state index in [2.05, 4.69) is 252 Å². The number of nitrogens with zero attached hydrogens (tertiary/aromatic N) is 2. The Bertz CT molecular complexity index is 4320. The predicted octanol–water partition coefficient (Wildman–Crippen LogP) is 19.3. The summed E-state index contributed by atoms with van der Waals surface area (Å²) in [5.41, 5.74) is 9.86. The van der Waals surface area contributed by atoms with Crippen LogP contribution >= 0.6 is 0 Å². The molecule has 0 bridgehead atoms. The lowest BCUT2D eigenvalue weighted by atomic mass is 10.0. The maximum Gasteiger partial charge on any atom is 0.139 e. The van der Waals surface area contributed by atoms with E-state index in [4.69, 9.17) is 8.83 Å². The molecule has 0 fully saturated rings. The molecule has 0 atom stereocenters. The third kappa shape index (κ3) is 6.10. The molecule has 0 aliphatic carbocycles. The zero-order valence-electron chi connectivity index (χ0n) is 37.8. The number of para-hydroxylation sites is 2. The standard InChI is InChI=1S/C66H40N2O2/c1-3-13-49(14-4-1)67(53-27-29-57-45(31-53)21-19-41-11-7-9-17-55(41)57)51-25-23-43-35-59-61-39-62-60-36-44-24-26-52(34-48(44)38-64(60)70-66(62)40-65(61)69-63(59)37-47(43)33-51)68(50-15-5-2-6-16-50)54-28-30-58-46(32-54)22-20-42-12-8-10-18-56(42)58/h1-40H. The van der Waals surface area contributed by atoms with Crippen molar-refractivity contribution in [2.45, 2.75) is 0 Å². The van der Waals surface area contributed by atoms with Crippen LogP contribution in [0.15, 0.2) is 251 Å². The fourth-order valence-electron chi connectivity index (χ4n) is 11.1. The van der Waals surface area contributed by atoms with Crippen LogP contribution in [0.5, 0.6) is 0 Å². The van der Waals surface area contributed by atoms with Gasteiger partial charge in [0.2, 0.25) is 0 Å². The zero-order chi connectivity index (χ0) is 45.9. The Hall–Kier alpha value is -9.38. The first-order valence-electron chi connectivity index (χ1n) is 23.9. The quantitative estimate of drug-likeness (QED) is 0.156. The molecule has 13 aromatic carbocycles. The van der Waals surface area contributed by atoms with Gasteiger partial charge in [0, 0.05) is 61.7 Å². The zero-order valence-corrected chi connectivity index (χ0v) is 37.8. The SMILES string of the molecule is c1ccc(N(c2ccc3cc4c(cc3c2)oc2cc3oc5cc6cc(N(c7ccccc7)c7ccc8c(ccc9ccccc98)c7)ccc6cc5c3cc24)c2ccc3c(ccc4ccccc43)c2)cc1. The van der Waals surface area contributed by atoms with E-state index < -0.39 is 0 Å².